The smallest absolute Gasteiger partial charge is 0.264 e. The highest BCUT2D eigenvalue weighted by molar-refractivity contribution is 7.99. The molecule has 2 aromatic heterocycles. The molecular formula is C18H20N8OS. The third-order valence-electron chi connectivity index (χ3n) is 3.66. The second kappa shape index (κ2) is 9.00. The van der Waals surface area contributed by atoms with Gasteiger partial charge in [0.1, 0.15) is 0 Å². The Hall–Kier alpha value is -3.40. The summed E-state index contributed by atoms with van der Waals surface area (Å²) in [5, 5.41) is 15.4. The molecule has 0 aliphatic heterocycles. The van der Waals surface area contributed by atoms with Gasteiger partial charge < -0.3 is 11.2 Å². The molecule has 3 rings (SSSR count). The lowest BCUT2D eigenvalue weighted by Gasteiger charge is -2.06. The van der Waals surface area contributed by atoms with Crippen molar-refractivity contribution in [3.05, 3.63) is 59.9 Å². The number of hydrogen-bond acceptors (Lipinski definition) is 8. The maximum Gasteiger partial charge on any atom is 0.264 e. The molecule has 28 heavy (non-hydrogen) atoms. The second-order valence-electron chi connectivity index (χ2n) is 5.91. The highest BCUT2D eigenvalue weighted by Gasteiger charge is 2.12. The van der Waals surface area contributed by atoms with Gasteiger partial charge in [-0.05, 0) is 43.7 Å². The van der Waals surface area contributed by atoms with E-state index < -0.39 is 0 Å². The summed E-state index contributed by atoms with van der Waals surface area (Å²) < 4.78 is 1.25. The molecular weight excluding hydrogens is 376 g/mol. The van der Waals surface area contributed by atoms with Crippen LogP contribution < -0.4 is 16.6 Å². The molecule has 10 heteroatoms. The van der Waals surface area contributed by atoms with Gasteiger partial charge in [-0.1, -0.05) is 30.0 Å². The van der Waals surface area contributed by atoms with Crippen molar-refractivity contribution >= 4 is 35.0 Å². The molecule has 144 valence electrons. The van der Waals surface area contributed by atoms with Gasteiger partial charge in [0.05, 0.1) is 17.2 Å². The largest absolute Gasteiger partial charge is 0.334 e. The van der Waals surface area contributed by atoms with Crippen LogP contribution in [0, 0.1) is 6.92 Å². The van der Waals surface area contributed by atoms with Crippen LogP contribution in [0.3, 0.4) is 0 Å². The topological polar surface area (TPSA) is 123 Å². The summed E-state index contributed by atoms with van der Waals surface area (Å²) in [5.41, 5.74) is 6.00. The predicted octanol–water partition coefficient (Wildman–Crippen LogP) is 2.26. The Morgan fingerprint density at radius 3 is 2.86 bits per heavy atom. The van der Waals surface area contributed by atoms with Gasteiger partial charge in [0.15, 0.2) is 0 Å². The molecule has 2 heterocycles. The second-order valence-corrected chi connectivity index (χ2v) is 6.85. The minimum Gasteiger partial charge on any atom is -0.334 e. The van der Waals surface area contributed by atoms with E-state index in [-0.39, 0.29) is 17.6 Å². The van der Waals surface area contributed by atoms with Crippen molar-refractivity contribution in [2.45, 2.75) is 19.0 Å². The van der Waals surface area contributed by atoms with E-state index in [1.165, 1.54) is 16.4 Å². The first-order chi connectivity index (χ1) is 13.5. The molecule has 1 amide bonds. The van der Waals surface area contributed by atoms with Gasteiger partial charge in [-0.25, -0.2) is 10.1 Å². The van der Waals surface area contributed by atoms with Crippen LogP contribution in [0.1, 0.15) is 18.2 Å². The van der Waals surface area contributed by atoms with E-state index >= 15 is 0 Å². The minimum atomic E-state index is -0.155. The molecule has 4 N–H and O–H groups in total. The molecule has 0 radical (unpaired) electrons. The lowest BCUT2D eigenvalue weighted by Crippen LogP contribution is -2.17. The van der Waals surface area contributed by atoms with E-state index in [1.54, 1.807) is 6.20 Å². The van der Waals surface area contributed by atoms with E-state index in [9.17, 15) is 4.79 Å². The van der Waals surface area contributed by atoms with Gasteiger partial charge in [-0.15, -0.1) is 10.2 Å². The van der Waals surface area contributed by atoms with Crippen LogP contribution in [0.15, 0.2) is 58.9 Å². The third-order valence-corrected chi connectivity index (χ3v) is 4.60. The number of rotatable bonds is 7. The summed E-state index contributed by atoms with van der Waals surface area (Å²) in [7, 11) is 0. The monoisotopic (exact) mass is 396 g/mol. The number of carbonyl (C=O) groups is 1. The van der Waals surface area contributed by atoms with E-state index in [0.29, 0.717) is 10.9 Å². The first-order valence-corrected chi connectivity index (χ1v) is 9.43. The molecule has 0 atom stereocenters. The number of amides is 1. The van der Waals surface area contributed by atoms with Crippen molar-refractivity contribution in [2.75, 3.05) is 22.3 Å². The number of anilines is 2. The van der Waals surface area contributed by atoms with Crippen molar-refractivity contribution in [1.82, 2.24) is 19.9 Å². The lowest BCUT2D eigenvalue weighted by atomic mass is 10.2. The summed E-state index contributed by atoms with van der Waals surface area (Å²) in [4.78, 5) is 16.3. The van der Waals surface area contributed by atoms with Gasteiger partial charge >= 0.3 is 0 Å². The van der Waals surface area contributed by atoms with Crippen LogP contribution in [0.2, 0.25) is 0 Å². The molecule has 3 aromatic rings. The summed E-state index contributed by atoms with van der Waals surface area (Å²) in [6, 6.07) is 13.2. The van der Waals surface area contributed by atoms with E-state index in [4.69, 9.17) is 5.84 Å². The number of aromatic nitrogens is 4. The third kappa shape index (κ3) is 5.07. The Kier molecular flexibility index (Phi) is 6.22. The molecule has 0 aliphatic rings. The molecule has 0 unspecified atom stereocenters. The Balaban J connectivity index is 1.56. The quantitative estimate of drug-likeness (QED) is 0.242. The normalized spacial score (nSPS) is 11.3. The molecule has 0 bridgehead atoms. The number of hydrazone groups is 1. The fourth-order valence-electron chi connectivity index (χ4n) is 2.27. The van der Waals surface area contributed by atoms with Crippen molar-refractivity contribution < 1.29 is 4.79 Å². The van der Waals surface area contributed by atoms with Gasteiger partial charge in [0.25, 0.3) is 5.95 Å². The number of nitrogens with zero attached hydrogens (tertiary/aromatic N) is 5. The summed E-state index contributed by atoms with van der Waals surface area (Å²) >= 11 is 1.18. The minimum absolute atomic E-state index is 0.152. The number of benzene rings is 1. The Labute approximate surface area is 166 Å². The van der Waals surface area contributed by atoms with E-state index in [0.717, 1.165) is 16.9 Å². The highest BCUT2D eigenvalue weighted by Crippen LogP contribution is 2.17. The van der Waals surface area contributed by atoms with Crippen molar-refractivity contribution in [2.24, 2.45) is 5.10 Å². The summed E-state index contributed by atoms with van der Waals surface area (Å²) in [5.74, 6) is 6.24. The average Bonchev–Trinajstić information content (AvgIpc) is 3.05. The number of pyridine rings is 1. The molecule has 0 saturated heterocycles. The number of nitrogens with one attached hydrogen (secondary N) is 2. The molecule has 0 fully saturated rings. The Morgan fingerprint density at radius 1 is 1.25 bits per heavy atom. The van der Waals surface area contributed by atoms with Gasteiger partial charge in [-0.3, -0.25) is 9.78 Å². The SMILES string of the molecule is C/C(=N\Nc1nnc(SCC(=O)Nc2cccc(C)c2)n1N)c1ccccn1. The van der Waals surface area contributed by atoms with Crippen LogP contribution in [0.25, 0.3) is 0 Å². The number of carbonyl (C=O) groups excluding carboxylic acids is 1. The summed E-state index contributed by atoms with van der Waals surface area (Å²) in [6.07, 6.45) is 1.69. The molecule has 0 saturated carbocycles. The average molecular weight is 396 g/mol. The van der Waals surface area contributed by atoms with Crippen molar-refractivity contribution in [3.8, 4) is 0 Å². The Morgan fingerprint density at radius 2 is 2.11 bits per heavy atom. The standard InChI is InChI=1S/C18H20N8OS/c1-12-6-5-7-14(10-12)21-16(27)11-28-18-25-24-17(26(18)19)23-22-13(2)15-8-3-4-9-20-15/h3-10H,11,19H2,1-2H3,(H,21,27)(H,23,24)/b22-13+. The lowest BCUT2D eigenvalue weighted by molar-refractivity contribution is -0.113. The molecule has 1 aromatic carbocycles. The van der Waals surface area contributed by atoms with Gasteiger partial charge in [0, 0.05) is 11.9 Å². The number of nitrogen functional groups attached to an aromatic ring is 1. The summed E-state index contributed by atoms with van der Waals surface area (Å²) in [6.45, 7) is 3.78. The number of nitrogens with two attached hydrogens (primary N) is 1. The van der Waals surface area contributed by atoms with Crippen LogP contribution >= 0.6 is 11.8 Å². The van der Waals surface area contributed by atoms with Crippen molar-refractivity contribution in [1.29, 1.82) is 0 Å². The van der Waals surface area contributed by atoms with Gasteiger partial charge in [0.2, 0.25) is 11.1 Å². The predicted molar refractivity (Wildman–Crippen MR) is 111 cm³/mol. The maximum absolute atomic E-state index is 12.1. The molecule has 0 spiro atoms. The zero-order valence-corrected chi connectivity index (χ0v) is 16.3. The van der Waals surface area contributed by atoms with E-state index in [1.807, 2.05) is 56.3 Å². The van der Waals surface area contributed by atoms with Crippen LogP contribution in [0.4, 0.5) is 11.6 Å². The van der Waals surface area contributed by atoms with Crippen LogP contribution in [0.5, 0.6) is 0 Å². The van der Waals surface area contributed by atoms with Crippen molar-refractivity contribution in [3.63, 3.8) is 0 Å². The van der Waals surface area contributed by atoms with E-state index in [2.05, 4.69) is 31.0 Å². The fourth-order valence-corrected chi connectivity index (χ4v) is 2.93. The zero-order valence-electron chi connectivity index (χ0n) is 15.5. The highest BCUT2D eigenvalue weighted by atomic mass is 32.2. The van der Waals surface area contributed by atoms with Crippen LogP contribution in [-0.2, 0) is 4.79 Å². The number of hydrogen-bond donors (Lipinski definition) is 3. The van der Waals surface area contributed by atoms with Crippen LogP contribution in [-0.4, -0.2) is 37.2 Å². The fraction of sp³-hybridized carbons (Fsp3) is 0.167. The number of thioether (sulfide) groups is 1. The van der Waals surface area contributed by atoms with Gasteiger partial charge in [-0.2, -0.15) is 5.10 Å². The first-order valence-electron chi connectivity index (χ1n) is 8.44. The maximum atomic E-state index is 12.1. The molecule has 9 nitrogen and oxygen atoms in total. The first kappa shape index (κ1) is 19.4. The Bertz CT molecular complexity index is 986. The molecule has 0 aliphatic carbocycles. The zero-order chi connectivity index (χ0) is 19.9. The number of aryl methyl sites for hydroxylation is 1.